The van der Waals surface area contributed by atoms with Crippen LogP contribution in [0.3, 0.4) is 0 Å². The topological polar surface area (TPSA) is 41.6 Å². The summed E-state index contributed by atoms with van der Waals surface area (Å²) in [6.45, 7) is 8.20. The van der Waals surface area contributed by atoms with Crippen molar-refractivity contribution in [2.75, 3.05) is 33.4 Å². The van der Waals surface area contributed by atoms with Crippen LogP contribution in [0.4, 0.5) is 0 Å². The monoisotopic (exact) mass is 268 g/mol. The van der Waals surface area contributed by atoms with E-state index < -0.39 is 0 Å². The maximum absolute atomic E-state index is 12.0. The molecule has 0 spiro atoms. The van der Waals surface area contributed by atoms with Gasteiger partial charge in [0, 0.05) is 31.0 Å². The molecule has 0 aromatic rings. The number of hydrogen-bond donors (Lipinski definition) is 1. The molecule has 0 atom stereocenters. The van der Waals surface area contributed by atoms with Gasteiger partial charge in [-0.3, -0.25) is 4.79 Å². The van der Waals surface area contributed by atoms with Gasteiger partial charge in [0.05, 0.1) is 6.61 Å². The van der Waals surface area contributed by atoms with Crippen LogP contribution in [-0.2, 0) is 9.53 Å². The number of rotatable bonds is 6. The minimum Gasteiger partial charge on any atom is -0.384 e. The van der Waals surface area contributed by atoms with Gasteiger partial charge in [0.25, 0.3) is 0 Å². The molecule has 1 saturated carbocycles. The Labute approximate surface area is 116 Å². The smallest absolute Gasteiger partial charge is 0.223 e. The zero-order valence-electron chi connectivity index (χ0n) is 12.6. The number of methoxy groups -OCH3 is 1. The Hall–Kier alpha value is -0.610. The highest BCUT2D eigenvalue weighted by Gasteiger charge is 2.44. The fraction of sp³-hybridized carbons (Fsp3) is 0.933. The lowest BCUT2D eigenvalue weighted by Gasteiger charge is -2.34. The van der Waals surface area contributed by atoms with Crippen LogP contribution in [-0.4, -0.2) is 50.2 Å². The molecule has 1 amide bonds. The van der Waals surface area contributed by atoms with E-state index in [2.05, 4.69) is 10.2 Å². The van der Waals surface area contributed by atoms with Crippen molar-refractivity contribution in [1.82, 2.24) is 10.2 Å². The van der Waals surface area contributed by atoms with E-state index in [0.717, 1.165) is 39.1 Å². The lowest BCUT2D eigenvalue weighted by atomic mass is 9.94. The van der Waals surface area contributed by atoms with Gasteiger partial charge in [-0.1, -0.05) is 0 Å². The van der Waals surface area contributed by atoms with Gasteiger partial charge in [0.1, 0.15) is 0 Å². The maximum Gasteiger partial charge on any atom is 0.223 e. The molecule has 0 aromatic heterocycles. The fourth-order valence-corrected chi connectivity index (χ4v) is 3.06. The Kier molecular flexibility index (Phi) is 4.85. The van der Waals surface area contributed by atoms with E-state index in [4.69, 9.17) is 4.74 Å². The normalized spacial score (nSPS) is 23.6. The molecule has 0 radical (unpaired) electrons. The molecular formula is C15H28N2O2. The van der Waals surface area contributed by atoms with Gasteiger partial charge < -0.3 is 15.0 Å². The summed E-state index contributed by atoms with van der Waals surface area (Å²) in [6.07, 6.45) is 4.60. The van der Waals surface area contributed by atoms with Crippen LogP contribution in [0.25, 0.3) is 0 Å². The van der Waals surface area contributed by atoms with Crippen molar-refractivity contribution >= 4 is 5.91 Å². The highest BCUT2D eigenvalue weighted by Crippen LogP contribution is 2.46. The van der Waals surface area contributed by atoms with E-state index in [-0.39, 0.29) is 17.9 Å². The summed E-state index contributed by atoms with van der Waals surface area (Å²) in [4.78, 5) is 14.5. The van der Waals surface area contributed by atoms with E-state index in [1.54, 1.807) is 7.11 Å². The summed E-state index contributed by atoms with van der Waals surface area (Å²) in [5.41, 5.74) is 0.432. The van der Waals surface area contributed by atoms with Crippen molar-refractivity contribution in [3.8, 4) is 0 Å². The summed E-state index contributed by atoms with van der Waals surface area (Å²) >= 11 is 0. The molecule has 1 aliphatic heterocycles. The van der Waals surface area contributed by atoms with Gasteiger partial charge in [-0.25, -0.2) is 0 Å². The number of piperidine rings is 1. The third kappa shape index (κ3) is 4.18. The van der Waals surface area contributed by atoms with Gasteiger partial charge in [-0.2, -0.15) is 0 Å². The van der Waals surface area contributed by atoms with Gasteiger partial charge >= 0.3 is 0 Å². The van der Waals surface area contributed by atoms with Crippen molar-refractivity contribution in [3.05, 3.63) is 0 Å². The molecule has 1 N–H and O–H groups in total. The van der Waals surface area contributed by atoms with E-state index in [0.29, 0.717) is 5.41 Å². The number of amides is 1. The fourth-order valence-electron chi connectivity index (χ4n) is 3.06. The Morgan fingerprint density at radius 3 is 2.47 bits per heavy atom. The Bertz CT molecular complexity index is 305. The molecule has 4 heteroatoms. The number of likely N-dealkylation sites (tertiary alicyclic amines) is 1. The molecule has 0 aromatic carbocycles. The zero-order valence-corrected chi connectivity index (χ0v) is 12.6. The predicted molar refractivity (Wildman–Crippen MR) is 76.0 cm³/mol. The summed E-state index contributed by atoms with van der Waals surface area (Å²) in [5.74, 6) is 0.462. The summed E-state index contributed by atoms with van der Waals surface area (Å²) in [5, 5.41) is 3.03. The molecule has 19 heavy (non-hydrogen) atoms. The molecular weight excluding hydrogens is 240 g/mol. The third-order valence-corrected chi connectivity index (χ3v) is 4.36. The number of nitrogens with zero attached hydrogens (tertiary/aromatic N) is 1. The van der Waals surface area contributed by atoms with E-state index in [9.17, 15) is 4.79 Å². The van der Waals surface area contributed by atoms with Crippen LogP contribution >= 0.6 is 0 Å². The molecule has 0 unspecified atom stereocenters. The average molecular weight is 268 g/mol. The lowest BCUT2D eigenvalue weighted by molar-refractivity contribution is -0.127. The highest BCUT2D eigenvalue weighted by atomic mass is 16.5. The standard InChI is InChI=1S/C15H28N2O2/c1-12(2)16-14(18)13-4-8-17(9-5-13)10-15(6-7-15)11-19-3/h12-13H,4-11H2,1-3H3,(H,16,18). The lowest BCUT2D eigenvalue weighted by Crippen LogP contribution is -2.44. The minimum atomic E-state index is 0.219. The van der Waals surface area contributed by atoms with Crippen LogP contribution in [0.1, 0.15) is 39.5 Å². The molecule has 2 fully saturated rings. The number of hydrogen-bond acceptors (Lipinski definition) is 3. The number of carbonyl (C=O) groups is 1. The first-order chi connectivity index (χ1) is 9.04. The molecule has 1 heterocycles. The molecule has 1 saturated heterocycles. The number of nitrogens with one attached hydrogen (secondary N) is 1. The van der Waals surface area contributed by atoms with Gasteiger partial charge in [-0.15, -0.1) is 0 Å². The first kappa shape index (κ1) is 14.8. The molecule has 1 aliphatic carbocycles. The van der Waals surface area contributed by atoms with E-state index >= 15 is 0 Å². The molecule has 4 nitrogen and oxygen atoms in total. The quantitative estimate of drug-likeness (QED) is 0.796. The van der Waals surface area contributed by atoms with Gasteiger partial charge in [0.2, 0.25) is 5.91 Å². The van der Waals surface area contributed by atoms with E-state index in [1.165, 1.54) is 12.8 Å². The second-order valence-electron chi connectivity index (χ2n) is 6.65. The average Bonchev–Trinajstić information content (AvgIpc) is 3.09. The maximum atomic E-state index is 12.0. The second kappa shape index (κ2) is 6.23. The van der Waals surface area contributed by atoms with Crippen molar-refractivity contribution in [2.24, 2.45) is 11.3 Å². The summed E-state index contributed by atoms with van der Waals surface area (Å²) in [7, 11) is 1.79. The van der Waals surface area contributed by atoms with Crippen molar-refractivity contribution in [2.45, 2.75) is 45.6 Å². The van der Waals surface area contributed by atoms with Gasteiger partial charge in [-0.05, 0) is 52.6 Å². The molecule has 2 aliphatic rings. The first-order valence-corrected chi connectivity index (χ1v) is 7.56. The summed E-state index contributed by atoms with van der Waals surface area (Å²) in [6, 6.07) is 0.252. The third-order valence-electron chi connectivity index (χ3n) is 4.36. The predicted octanol–water partition coefficient (Wildman–Crippen LogP) is 1.65. The highest BCUT2D eigenvalue weighted by molar-refractivity contribution is 5.78. The van der Waals surface area contributed by atoms with Crippen LogP contribution < -0.4 is 5.32 Å². The van der Waals surface area contributed by atoms with Crippen molar-refractivity contribution in [1.29, 1.82) is 0 Å². The zero-order chi connectivity index (χ0) is 13.9. The second-order valence-corrected chi connectivity index (χ2v) is 6.65. The summed E-state index contributed by atoms with van der Waals surface area (Å²) < 4.78 is 5.32. The Morgan fingerprint density at radius 2 is 2.00 bits per heavy atom. The number of carbonyl (C=O) groups excluding carboxylic acids is 1. The minimum absolute atomic E-state index is 0.219. The van der Waals surface area contributed by atoms with Crippen LogP contribution in [0.2, 0.25) is 0 Å². The van der Waals surface area contributed by atoms with Crippen molar-refractivity contribution in [3.63, 3.8) is 0 Å². The van der Waals surface area contributed by atoms with Crippen LogP contribution in [0.15, 0.2) is 0 Å². The first-order valence-electron chi connectivity index (χ1n) is 7.56. The largest absolute Gasteiger partial charge is 0.384 e. The van der Waals surface area contributed by atoms with Crippen LogP contribution in [0.5, 0.6) is 0 Å². The Balaban J connectivity index is 1.72. The molecule has 2 rings (SSSR count). The van der Waals surface area contributed by atoms with Crippen molar-refractivity contribution < 1.29 is 9.53 Å². The number of ether oxygens (including phenoxy) is 1. The van der Waals surface area contributed by atoms with Crippen LogP contribution in [0, 0.1) is 11.3 Å². The van der Waals surface area contributed by atoms with Gasteiger partial charge in [0.15, 0.2) is 0 Å². The molecule has 110 valence electrons. The Morgan fingerprint density at radius 1 is 1.37 bits per heavy atom. The van der Waals surface area contributed by atoms with E-state index in [1.807, 2.05) is 13.8 Å². The SMILES string of the molecule is COCC1(CN2CCC(C(=O)NC(C)C)CC2)CC1. The molecule has 0 bridgehead atoms.